The molecule has 0 N–H and O–H groups in total. The van der Waals surface area contributed by atoms with Crippen LogP contribution in [0.5, 0.6) is 0 Å². The van der Waals surface area contributed by atoms with Crippen LogP contribution < -0.4 is 0 Å². The molecule has 0 aliphatic heterocycles. The molecule has 0 fully saturated rings. The second-order valence-electron chi connectivity index (χ2n) is 12.8. The van der Waals surface area contributed by atoms with Gasteiger partial charge in [-0.3, -0.25) is 0 Å². The van der Waals surface area contributed by atoms with E-state index in [-0.39, 0.29) is 0 Å². The van der Waals surface area contributed by atoms with E-state index in [0.29, 0.717) is 17.5 Å². The Balaban J connectivity index is 1.17. The monoisotopic (exact) mass is 651 g/mol. The zero-order valence-corrected chi connectivity index (χ0v) is 27.5. The number of hydrogen-bond acceptors (Lipinski definition) is 4. The number of fused-ring (bicyclic) bond motifs is 5. The average molecular weight is 652 g/mol. The molecular formula is C47H29N3O. The third-order valence-corrected chi connectivity index (χ3v) is 9.75. The van der Waals surface area contributed by atoms with E-state index >= 15 is 0 Å². The number of benzene rings is 8. The molecule has 0 saturated heterocycles. The van der Waals surface area contributed by atoms with Gasteiger partial charge in [0.2, 0.25) is 0 Å². The Bertz CT molecular complexity index is 2910. The summed E-state index contributed by atoms with van der Waals surface area (Å²) in [5, 5.41) is 6.67. The fourth-order valence-corrected chi connectivity index (χ4v) is 7.35. The van der Waals surface area contributed by atoms with E-state index in [1.54, 1.807) is 0 Å². The number of furan rings is 1. The van der Waals surface area contributed by atoms with Crippen molar-refractivity contribution in [3.8, 4) is 56.4 Å². The highest BCUT2D eigenvalue weighted by Gasteiger charge is 2.19. The zero-order valence-electron chi connectivity index (χ0n) is 27.5. The summed E-state index contributed by atoms with van der Waals surface area (Å²) < 4.78 is 6.25. The molecule has 0 spiro atoms. The molecule has 10 aromatic rings. The average Bonchev–Trinajstić information content (AvgIpc) is 3.60. The summed E-state index contributed by atoms with van der Waals surface area (Å²) in [6, 6.07) is 61.1. The summed E-state index contributed by atoms with van der Waals surface area (Å²) in [7, 11) is 0. The maximum Gasteiger partial charge on any atom is 0.164 e. The van der Waals surface area contributed by atoms with Gasteiger partial charge >= 0.3 is 0 Å². The first kappa shape index (κ1) is 29.0. The predicted octanol–water partition coefficient (Wildman–Crippen LogP) is 12.4. The molecule has 10 rings (SSSR count). The lowest BCUT2D eigenvalue weighted by Crippen LogP contribution is -2.01. The van der Waals surface area contributed by atoms with E-state index in [9.17, 15) is 0 Å². The van der Waals surface area contributed by atoms with E-state index in [1.807, 2.05) is 60.7 Å². The zero-order chi connectivity index (χ0) is 33.7. The molecule has 0 aliphatic rings. The van der Waals surface area contributed by atoms with Crippen molar-refractivity contribution in [2.24, 2.45) is 0 Å². The molecule has 2 heterocycles. The lowest BCUT2D eigenvalue weighted by molar-refractivity contribution is 0.669. The van der Waals surface area contributed by atoms with Crippen LogP contribution >= 0.6 is 0 Å². The van der Waals surface area contributed by atoms with Gasteiger partial charge in [-0.25, -0.2) is 15.0 Å². The summed E-state index contributed by atoms with van der Waals surface area (Å²) in [4.78, 5) is 15.4. The van der Waals surface area contributed by atoms with Gasteiger partial charge in [-0.1, -0.05) is 152 Å². The summed E-state index contributed by atoms with van der Waals surface area (Å²) in [5.41, 5.74) is 9.20. The predicted molar refractivity (Wildman–Crippen MR) is 209 cm³/mol. The van der Waals surface area contributed by atoms with Gasteiger partial charge in [0, 0.05) is 27.5 Å². The topological polar surface area (TPSA) is 51.8 Å². The van der Waals surface area contributed by atoms with E-state index in [1.165, 1.54) is 33.0 Å². The van der Waals surface area contributed by atoms with Gasteiger partial charge in [-0.05, 0) is 68.1 Å². The lowest BCUT2D eigenvalue weighted by atomic mass is 9.91. The molecule has 0 aliphatic carbocycles. The lowest BCUT2D eigenvalue weighted by Gasteiger charge is -2.15. The minimum Gasteiger partial charge on any atom is -0.456 e. The smallest absolute Gasteiger partial charge is 0.164 e. The van der Waals surface area contributed by atoms with Gasteiger partial charge in [0.1, 0.15) is 11.2 Å². The normalized spacial score (nSPS) is 11.5. The highest BCUT2D eigenvalue weighted by molar-refractivity contribution is 6.12. The maximum atomic E-state index is 6.25. The maximum absolute atomic E-state index is 6.25. The molecule has 238 valence electrons. The van der Waals surface area contributed by atoms with Crippen LogP contribution in [0.3, 0.4) is 0 Å². The molecule has 0 atom stereocenters. The Labute approximate surface area is 294 Å². The third-order valence-electron chi connectivity index (χ3n) is 9.75. The summed E-state index contributed by atoms with van der Waals surface area (Å²) in [5.74, 6) is 1.85. The molecule has 51 heavy (non-hydrogen) atoms. The Morgan fingerprint density at radius 2 is 0.882 bits per heavy atom. The van der Waals surface area contributed by atoms with Crippen LogP contribution in [0.4, 0.5) is 0 Å². The van der Waals surface area contributed by atoms with Crippen molar-refractivity contribution >= 4 is 43.5 Å². The van der Waals surface area contributed by atoms with Gasteiger partial charge in [-0.2, -0.15) is 0 Å². The van der Waals surface area contributed by atoms with Crippen LogP contribution in [0.15, 0.2) is 180 Å². The van der Waals surface area contributed by atoms with Crippen molar-refractivity contribution in [2.75, 3.05) is 0 Å². The third kappa shape index (κ3) is 4.96. The SMILES string of the molecule is c1ccc(-c2ccc3c(-c4ccc(-c5nc(-c6ccccc6)nc(-c6cccc7oc8ccccc8c67)n5)c5ccccc45)cccc3c2)cc1. The number of rotatable bonds is 5. The number of hydrogen-bond donors (Lipinski definition) is 0. The van der Waals surface area contributed by atoms with Crippen LogP contribution in [0, 0.1) is 0 Å². The molecule has 0 bridgehead atoms. The van der Waals surface area contributed by atoms with Crippen molar-refractivity contribution in [3.63, 3.8) is 0 Å². The largest absolute Gasteiger partial charge is 0.456 e. The van der Waals surface area contributed by atoms with Crippen molar-refractivity contribution < 1.29 is 4.42 Å². The first-order valence-corrected chi connectivity index (χ1v) is 17.1. The summed E-state index contributed by atoms with van der Waals surface area (Å²) >= 11 is 0. The number of para-hydroxylation sites is 1. The molecule has 8 aromatic carbocycles. The molecule has 0 saturated carbocycles. The number of aromatic nitrogens is 3. The van der Waals surface area contributed by atoms with Gasteiger partial charge in [-0.15, -0.1) is 0 Å². The first-order chi connectivity index (χ1) is 25.3. The second-order valence-corrected chi connectivity index (χ2v) is 12.8. The van der Waals surface area contributed by atoms with Gasteiger partial charge < -0.3 is 4.42 Å². The summed E-state index contributed by atoms with van der Waals surface area (Å²) in [6.45, 7) is 0. The Morgan fingerprint density at radius 3 is 1.69 bits per heavy atom. The number of nitrogens with zero attached hydrogens (tertiary/aromatic N) is 3. The second kappa shape index (κ2) is 11.9. The van der Waals surface area contributed by atoms with E-state index in [2.05, 4.69) is 115 Å². The van der Waals surface area contributed by atoms with Crippen LogP contribution in [0.1, 0.15) is 0 Å². The van der Waals surface area contributed by atoms with E-state index in [0.717, 1.165) is 49.4 Å². The fourth-order valence-electron chi connectivity index (χ4n) is 7.35. The molecule has 4 nitrogen and oxygen atoms in total. The molecule has 2 aromatic heterocycles. The van der Waals surface area contributed by atoms with E-state index < -0.39 is 0 Å². The molecular weight excluding hydrogens is 623 g/mol. The van der Waals surface area contributed by atoms with Gasteiger partial charge in [0.05, 0.1) is 0 Å². The van der Waals surface area contributed by atoms with Gasteiger partial charge in [0.25, 0.3) is 0 Å². The minimum absolute atomic E-state index is 0.604. The fraction of sp³-hybridized carbons (Fsp3) is 0. The molecule has 0 unspecified atom stereocenters. The van der Waals surface area contributed by atoms with Crippen molar-refractivity contribution in [1.29, 1.82) is 0 Å². The Kier molecular flexibility index (Phi) is 6.78. The quantitative estimate of drug-likeness (QED) is 0.186. The Morgan fingerprint density at radius 1 is 0.314 bits per heavy atom. The van der Waals surface area contributed by atoms with Crippen molar-refractivity contribution in [3.05, 3.63) is 176 Å². The van der Waals surface area contributed by atoms with Crippen molar-refractivity contribution in [2.45, 2.75) is 0 Å². The van der Waals surface area contributed by atoms with Crippen LogP contribution in [-0.4, -0.2) is 15.0 Å². The van der Waals surface area contributed by atoms with Crippen LogP contribution in [0.2, 0.25) is 0 Å². The summed E-state index contributed by atoms with van der Waals surface area (Å²) in [6.07, 6.45) is 0. The van der Waals surface area contributed by atoms with Crippen LogP contribution in [-0.2, 0) is 0 Å². The molecule has 0 amide bonds. The Hall–Kier alpha value is -6.91. The van der Waals surface area contributed by atoms with Gasteiger partial charge in [0.15, 0.2) is 17.5 Å². The molecule has 4 heteroatoms. The first-order valence-electron chi connectivity index (χ1n) is 17.1. The van der Waals surface area contributed by atoms with Crippen LogP contribution in [0.25, 0.3) is 99.9 Å². The highest BCUT2D eigenvalue weighted by atomic mass is 16.3. The standard InChI is InChI=1S/C47H29N3O/c1-3-13-30(14-4-1)32-25-26-34-33(29-32)17-11-21-35(34)38-27-28-39(37-19-8-7-18-36(37)38)46-48-45(31-15-5-2-6-16-31)49-47(50-46)41-22-12-24-43-44(41)40-20-9-10-23-42(40)51-43/h1-29H. The van der Waals surface area contributed by atoms with Crippen molar-refractivity contribution in [1.82, 2.24) is 15.0 Å². The minimum atomic E-state index is 0.604. The highest BCUT2D eigenvalue weighted by Crippen LogP contribution is 2.40. The molecule has 0 radical (unpaired) electrons. The van der Waals surface area contributed by atoms with E-state index in [4.69, 9.17) is 19.4 Å².